The van der Waals surface area contributed by atoms with Gasteiger partial charge in [0, 0.05) is 18.0 Å². The summed E-state index contributed by atoms with van der Waals surface area (Å²) in [5.41, 5.74) is 5.88. The van der Waals surface area contributed by atoms with Crippen LogP contribution in [0.25, 0.3) is 0 Å². The summed E-state index contributed by atoms with van der Waals surface area (Å²) in [7, 11) is 1.50. The minimum atomic E-state index is -0.592. The van der Waals surface area contributed by atoms with Crippen molar-refractivity contribution in [3.8, 4) is 5.75 Å². The van der Waals surface area contributed by atoms with Gasteiger partial charge in [-0.15, -0.1) is 0 Å². The molecule has 0 saturated carbocycles. The van der Waals surface area contributed by atoms with Gasteiger partial charge in [0.1, 0.15) is 5.75 Å². The number of hydrogen-bond donors (Lipinski definition) is 3. The lowest BCUT2D eigenvalue weighted by Crippen LogP contribution is -2.39. The fourth-order valence-corrected chi connectivity index (χ4v) is 1.62. The largest absolute Gasteiger partial charge is 0.495 e. The molecular weight excluding hydrogens is 282 g/mol. The first-order valence-corrected chi connectivity index (χ1v) is 6.48. The van der Waals surface area contributed by atoms with Crippen LogP contribution in [-0.4, -0.2) is 31.5 Å². The molecule has 0 aliphatic heterocycles. The predicted molar refractivity (Wildman–Crippen MR) is 77.9 cm³/mol. The van der Waals surface area contributed by atoms with Crippen molar-refractivity contribution in [2.24, 2.45) is 5.73 Å². The van der Waals surface area contributed by atoms with Gasteiger partial charge < -0.3 is 21.1 Å². The van der Waals surface area contributed by atoms with Gasteiger partial charge in [-0.05, 0) is 25.1 Å². The molecule has 0 radical (unpaired) electrons. The maximum atomic E-state index is 11.8. The molecule has 0 saturated heterocycles. The van der Waals surface area contributed by atoms with E-state index in [1.54, 1.807) is 25.1 Å². The summed E-state index contributed by atoms with van der Waals surface area (Å²) in [6, 6.07) is 4.33. The average molecular weight is 300 g/mol. The summed E-state index contributed by atoms with van der Waals surface area (Å²) in [5.74, 6) is -0.0314. The predicted octanol–water partition coefficient (Wildman–Crippen LogP) is 1.14. The lowest BCUT2D eigenvalue weighted by molar-refractivity contribution is -0.122. The number of carbonyl (C=O) groups is 2. The maximum absolute atomic E-state index is 11.8. The number of halogens is 1. The van der Waals surface area contributed by atoms with Gasteiger partial charge in [-0.25, -0.2) is 0 Å². The normalized spacial score (nSPS) is 11.6. The van der Waals surface area contributed by atoms with Crippen LogP contribution in [0, 0.1) is 0 Å². The van der Waals surface area contributed by atoms with Gasteiger partial charge in [0.25, 0.3) is 0 Å². The molecule has 110 valence electrons. The van der Waals surface area contributed by atoms with Crippen molar-refractivity contribution in [2.45, 2.75) is 19.4 Å². The second-order valence-corrected chi connectivity index (χ2v) is 4.66. The SMILES string of the molecule is COc1ccc(Cl)cc1NC(=O)CCNC(=O)[C@H](C)N. The van der Waals surface area contributed by atoms with E-state index in [0.29, 0.717) is 16.5 Å². The third-order valence-electron chi connectivity index (χ3n) is 2.50. The molecular formula is C13H18ClN3O3. The Labute approximate surface area is 122 Å². The summed E-state index contributed by atoms with van der Waals surface area (Å²) >= 11 is 5.86. The smallest absolute Gasteiger partial charge is 0.236 e. The van der Waals surface area contributed by atoms with Gasteiger partial charge in [0.15, 0.2) is 0 Å². The van der Waals surface area contributed by atoms with Crippen LogP contribution in [0.4, 0.5) is 5.69 Å². The standard InChI is InChI=1S/C13H18ClN3O3/c1-8(15)13(19)16-6-5-12(18)17-10-7-9(14)3-4-11(10)20-2/h3-4,7-8H,5-6,15H2,1-2H3,(H,16,19)(H,17,18)/t8-/m0/s1. The lowest BCUT2D eigenvalue weighted by atomic mass is 10.2. The third-order valence-corrected chi connectivity index (χ3v) is 2.74. The number of carbonyl (C=O) groups excluding carboxylic acids is 2. The molecule has 0 aliphatic rings. The second-order valence-electron chi connectivity index (χ2n) is 4.22. The maximum Gasteiger partial charge on any atom is 0.236 e. The number of benzene rings is 1. The van der Waals surface area contributed by atoms with Crippen molar-refractivity contribution in [3.63, 3.8) is 0 Å². The van der Waals surface area contributed by atoms with E-state index in [1.807, 2.05) is 0 Å². The monoisotopic (exact) mass is 299 g/mol. The molecule has 1 aromatic carbocycles. The molecule has 1 aromatic rings. The Morgan fingerprint density at radius 3 is 2.75 bits per heavy atom. The Morgan fingerprint density at radius 1 is 1.45 bits per heavy atom. The second kappa shape index (κ2) is 7.72. The summed E-state index contributed by atoms with van der Waals surface area (Å²) < 4.78 is 5.12. The highest BCUT2D eigenvalue weighted by atomic mass is 35.5. The molecule has 0 aromatic heterocycles. The Balaban J connectivity index is 2.50. The van der Waals surface area contributed by atoms with Crippen LogP contribution < -0.4 is 21.1 Å². The quantitative estimate of drug-likeness (QED) is 0.734. The number of ether oxygens (including phenoxy) is 1. The first-order chi connectivity index (χ1) is 9.43. The van der Waals surface area contributed by atoms with E-state index < -0.39 is 6.04 Å². The van der Waals surface area contributed by atoms with E-state index in [4.69, 9.17) is 22.1 Å². The number of methoxy groups -OCH3 is 1. The van der Waals surface area contributed by atoms with E-state index in [1.165, 1.54) is 7.11 Å². The molecule has 0 spiro atoms. The highest BCUT2D eigenvalue weighted by Gasteiger charge is 2.10. The van der Waals surface area contributed by atoms with Crippen LogP contribution in [0.2, 0.25) is 5.02 Å². The molecule has 20 heavy (non-hydrogen) atoms. The average Bonchev–Trinajstić information content (AvgIpc) is 2.38. The summed E-state index contributed by atoms with van der Waals surface area (Å²) in [5, 5.41) is 5.72. The molecule has 7 heteroatoms. The molecule has 0 aliphatic carbocycles. The van der Waals surface area contributed by atoms with Crippen molar-refractivity contribution in [1.29, 1.82) is 0 Å². The first kappa shape index (κ1) is 16.3. The van der Waals surface area contributed by atoms with Crippen molar-refractivity contribution >= 4 is 29.1 Å². The van der Waals surface area contributed by atoms with Crippen LogP contribution in [0.15, 0.2) is 18.2 Å². The molecule has 1 rings (SSSR count). The fraction of sp³-hybridized carbons (Fsp3) is 0.385. The van der Waals surface area contributed by atoms with Crippen molar-refractivity contribution in [2.75, 3.05) is 19.0 Å². The van der Waals surface area contributed by atoms with Gasteiger partial charge in [-0.3, -0.25) is 9.59 Å². The minimum absolute atomic E-state index is 0.133. The Kier molecular flexibility index (Phi) is 6.27. The van der Waals surface area contributed by atoms with Crippen LogP contribution in [0.3, 0.4) is 0 Å². The van der Waals surface area contributed by atoms with E-state index in [-0.39, 0.29) is 24.8 Å². The van der Waals surface area contributed by atoms with Crippen LogP contribution >= 0.6 is 11.6 Å². The summed E-state index contributed by atoms with van der Waals surface area (Å²) in [6.07, 6.45) is 0.133. The number of rotatable bonds is 6. The number of hydrogen-bond acceptors (Lipinski definition) is 4. The van der Waals surface area contributed by atoms with Crippen molar-refractivity contribution < 1.29 is 14.3 Å². The van der Waals surface area contributed by atoms with Gasteiger partial charge in [-0.2, -0.15) is 0 Å². The van der Waals surface area contributed by atoms with Gasteiger partial charge >= 0.3 is 0 Å². The number of nitrogens with two attached hydrogens (primary N) is 1. The summed E-state index contributed by atoms with van der Waals surface area (Å²) in [6.45, 7) is 1.79. The zero-order valence-corrected chi connectivity index (χ0v) is 12.2. The molecule has 0 bridgehead atoms. The fourth-order valence-electron chi connectivity index (χ4n) is 1.45. The number of nitrogens with one attached hydrogen (secondary N) is 2. The minimum Gasteiger partial charge on any atom is -0.495 e. The molecule has 2 amide bonds. The van der Waals surface area contributed by atoms with E-state index in [9.17, 15) is 9.59 Å². The molecule has 0 fully saturated rings. The van der Waals surface area contributed by atoms with Crippen LogP contribution in [-0.2, 0) is 9.59 Å². The lowest BCUT2D eigenvalue weighted by Gasteiger charge is -2.11. The molecule has 0 heterocycles. The number of anilines is 1. The Bertz CT molecular complexity index is 492. The van der Waals surface area contributed by atoms with Gasteiger partial charge in [0.2, 0.25) is 11.8 Å². The molecule has 0 unspecified atom stereocenters. The highest BCUT2D eigenvalue weighted by molar-refractivity contribution is 6.31. The van der Waals surface area contributed by atoms with Gasteiger partial charge in [-0.1, -0.05) is 11.6 Å². The van der Waals surface area contributed by atoms with Gasteiger partial charge in [0.05, 0.1) is 18.8 Å². The van der Waals surface area contributed by atoms with E-state index >= 15 is 0 Å². The summed E-state index contributed by atoms with van der Waals surface area (Å²) in [4.78, 5) is 23.0. The third kappa shape index (κ3) is 5.07. The van der Waals surface area contributed by atoms with Crippen molar-refractivity contribution in [1.82, 2.24) is 5.32 Å². The van der Waals surface area contributed by atoms with Crippen LogP contribution in [0.5, 0.6) is 5.75 Å². The van der Waals surface area contributed by atoms with E-state index in [2.05, 4.69) is 10.6 Å². The molecule has 4 N–H and O–H groups in total. The Hall–Kier alpha value is -1.79. The molecule has 6 nitrogen and oxygen atoms in total. The topological polar surface area (TPSA) is 93.5 Å². The Morgan fingerprint density at radius 2 is 2.15 bits per heavy atom. The van der Waals surface area contributed by atoms with Crippen molar-refractivity contribution in [3.05, 3.63) is 23.2 Å². The zero-order chi connectivity index (χ0) is 15.1. The zero-order valence-electron chi connectivity index (χ0n) is 11.4. The highest BCUT2D eigenvalue weighted by Crippen LogP contribution is 2.27. The van der Waals surface area contributed by atoms with E-state index in [0.717, 1.165) is 0 Å². The first-order valence-electron chi connectivity index (χ1n) is 6.10. The number of amides is 2. The van der Waals surface area contributed by atoms with Crippen LogP contribution in [0.1, 0.15) is 13.3 Å². The molecule has 1 atom stereocenters.